The molecule has 0 atom stereocenters. The van der Waals surface area contributed by atoms with E-state index in [1.54, 1.807) is 11.3 Å². The zero-order valence-corrected chi connectivity index (χ0v) is 17.9. The minimum absolute atomic E-state index is 0.128. The van der Waals surface area contributed by atoms with Gasteiger partial charge in [-0.3, -0.25) is 9.59 Å². The quantitative estimate of drug-likeness (QED) is 0.591. The number of carbonyl (C=O) groups is 1. The van der Waals surface area contributed by atoms with Crippen molar-refractivity contribution in [1.82, 2.24) is 24.9 Å². The molecule has 0 aliphatic heterocycles. The number of fused-ring (bicyclic) bond motifs is 1. The Morgan fingerprint density at radius 2 is 1.79 bits per heavy atom. The van der Waals surface area contributed by atoms with Gasteiger partial charge in [0.2, 0.25) is 0 Å². The summed E-state index contributed by atoms with van der Waals surface area (Å²) in [5.41, 5.74) is 0.925. The van der Waals surface area contributed by atoms with Gasteiger partial charge in [0.1, 0.15) is 22.4 Å². The van der Waals surface area contributed by atoms with E-state index in [2.05, 4.69) is 24.9 Å². The highest BCUT2D eigenvalue weighted by Gasteiger charge is 2.26. The summed E-state index contributed by atoms with van der Waals surface area (Å²) in [5, 5.41) is 1.64. The number of carbonyl (C=O) groups excluding carboxylic acids is 1. The molecule has 1 N–H and O–H groups in total. The van der Waals surface area contributed by atoms with Crippen LogP contribution in [0.3, 0.4) is 0 Å². The molecule has 0 bridgehead atoms. The third kappa shape index (κ3) is 4.49. The number of thiazole rings is 1. The average Bonchev–Trinajstić information content (AvgIpc) is 3.01. The molecule has 2 saturated carbocycles. The van der Waals surface area contributed by atoms with Gasteiger partial charge >= 0.3 is 0 Å². The van der Waals surface area contributed by atoms with E-state index in [1.165, 1.54) is 31.9 Å². The number of aromatic amines is 1. The molecule has 0 aromatic carbocycles. The molecule has 0 amide bonds. The van der Waals surface area contributed by atoms with Crippen molar-refractivity contribution in [2.24, 2.45) is 5.92 Å². The van der Waals surface area contributed by atoms with Crippen LogP contribution in [0.5, 0.6) is 0 Å². The second-order valence-corrected chi connectivity index (χ2v) is 9.00. The smallest absolute Gasteiger partial charge is 0.278 e. The van der Waals surface area contributed by atoms with E-state index in [9.17, 15) is 9.59 Å². The van der Waals surface area contributed by atoms with Gasteiger partial charge in [0.25, 0.3) is 5.56 Å². The van der Waals surface area contributed by atoms with Crippen molar-refractivity contribution in [3.63, 3.8) is 0 Å². The van der Waals surface area contributed by atoms with Crippen molar-refractivity contribution in [3.05, 3.63) is 43.9 Å². The van der Waals surface area contributed by atoms with E-state index in [0.29, 0.717) is 17.0 Å². The Labute approximate surface area is 180 Å². The number of rotatable bonds is 4. The summed E-state index contributed by atoms with van der Waals surface area (Å²) in [6, 6.07) is 0. The molecule has 5 rings (SSSR count). The maximum absolute atomic E-state index is 11.7. The first kappa shape index (κ1) is 20.4. The molecule has 3 aromatic rings. The Morgan fingerprint density at radius 3 is 2.34 bits per heavy atom. The van der Waals surface area contributed by atoms with Crippen LogP contribution in [0.4, 0.5) is 0 Å². The van der Waals surface area contributed by atoms with Gasteiger partial charge < -0.3 is 4.98 Å². The first-order chi connectivity index (χ1) is 14.0. The van der Waals surface area contributed by atoms with Crippen LogP contribution in [0.1, 0.15) is 55.0 Å². The van der Waals surface area contributed by atoms with Crippen LogP contribution in [-0.2, 0) is 11.2 Å². The SMILES string of the molecule is O=C(Cc1c(Cl)ncnc1Cl)C1CCC1.O=c1[nH]cnc2sc(C3CCC3)nc12. The van der Waals surface area contributed by atoms with E-state index < -0.39 is 0 Å². The Morgan fingerprint density at radius 1 is 1.10 bits per heavy atom. The number of hydrogen-bond donors (Lipinski definition) is 1. The molecule has 3 aromatic heterocycles. The largest absolute Gasteiger partial charge is 0.311 e. The normalized spacial score (nSPS) is 16.6. The van der Waals surface area contributed by atoms with Crippen LogP contribution in [-0.4, -0.2) is 30.7 Å². The fourth-order valence-electron chi connectivity index (χ4n) is 3.18. The molecule has 0 saturated heterocycles. The molecular formula is C19H19Cl2N5O2S. The Bertz CT molecular complexity index is 1070. The van der Waals surface area contributed by atoms with Gasteiger partial charge in [0.15, 0.2) is 10.3 Å². The molecule has 10 heteroatoms. The number of aromatic nitrogens is 5. The zero-order chi connectivity index (χ0) is 20.4. The van der Waals surface area contributed by atoms with Gasteiger partial charge in [-0.05, 0) is 25.7 Å². The van der Waals surface area contributed by atoms with Gasteiger partial charge in [-0.1, -0.05) is 47.4 Å². The number of ketones is 1. The van der Waals surface area contributed by atoms with Crippen LogP contribution < -0.4 is 5.56 Å². The molecule has 2 aliphatic rings. The van der Waals surface area contributed by atoms with Gasteiger partial charge in [-0.25, -0.2) is 19.9 Å². The van der Waals surface area contributed by atoms with E-state index >= 15 is 0 Å². The summed E-state index contributed by atoms with van der Waals surface area (Å²) in [6.07, 6.45) is 9.80. The van der Waals surface area contributed by atoms with Crippen molar-refractivity contribution in [1.29, 1.82) is 0 Å². The molecule has 3 heterocycles. The fourth-order valence-corrected chi connectivity index (χ4v) is 4.70. The highest BCUT2D eigenvalue weighted by Crippen LogP contribution is 2.38. The average molecular weight is 452 g/mol. The van der Waals surface area contributed by atoms with Gasteiger partial charge in [0.05, 0.1) is 11.3 Å². The first-order valence-corrected chi connectivity index (χ1v) is 11.1. The standard InChI is InChI=1S/C10H10Cl2N2O.C9H9N3OS/c11-9-7(10(12)14-5-13-9)4-8(15)6-2-1-3-6;13-7-6-9(11-4-10-7)14-8(12-6)5-2-1-3-5/h5-6H,1-4H2;4-5H,1-3H2,(H,10,11,13). The summed E-state index contributed by atoms with van der Waals surface area (Å²) in [5.74, 6) is 0.964. The predicted octanol–water partition coefficient (Wildman–Crippen LogP) is 4.34. The number of nitrogens with one attached hydrogen (secondary N) is 1. The van der Waals surface area contributed by atoms with Crippen LogP contribution in [0.25, 0.3) is 10.3 Å². The Balaban J connectivity index is 0.000000141. The number of hydrogen-bond acceptors (Lipinski definition) is 7. The second-order valence-electron chi connectivity index (χ2n) is 7.27. The van der Waals surface area contributed by atoms with Crippen molar-refractivity contribution in [2.45, 2.75) is 50.9 Å². The fraction of sp³-hybridized carbons (Fsp3) is 0.474. The maximum atomic E-state index is 11.7. The van der Waals surface area contributed by atoms with Gasteiger partial charge in [0, 0.05) is 23.8 Å². The van der Waals surface area contributed by atoms with Crippen LogP contribution in [0.2, 0.25) is 10.3 Å². The predicted molar refractivity (Wildman–Crippen MR) is 113 cm³/mol. The van der Waals surface area contributed by atoms with Crippen LogP contribution in [0.15, 0.2) is 17.4 Å². The number of halogens is 2. The second kappa shape index (κ2) is 8.85. The highest BCUT2D eigenvalue weighted by molar-refractivity contribution is 7.18. The van der Waals surface area contributed by atoms with E-state index in [-0.39, 0.29) is 34.0 Å². The van der Waals surface area contributed by atoms with Crippen molar-refractivity contribution < 1.29 is 4.79 Å². The van der Waals surface area contributed by atoms with E-state index in [1.807, 2.05) is 0 Å². The topological polar surface area (TPSA) is 101 Å². The third-order valence-electron chi connectivity index (χ3n) is 5.42. The third-order valence-corrected chi connectivity index (χ3v) is 7.20. The monoisotopic (exact) mass is 451 g/mol. The Kier molecular flexibility index (Phi) is 6.22. The zero-order valence-electron chi connectivity index (χ0n) is 15.5. The van der Waals surface area contributed by atoms with E-state index in [4.69, 9.17) is 23.2 Å². The summed E-state index contributed by atoms with van der Waals surface area (Å²) in [4.78, 5) is 42.5. The molecule has 0 radical (unpaired) electrons. The summed E-state index contributed by atoms with van der Waals surface area (Å²) >= 11 is 13.3. The molecule has 0 unspecified atom stereocenters. The van der Waals surface area contributed by atoms with Crippen molar-refractivity contribution in [2.75, 3.05) is 0 Å². The summed E-state index contributed by atoms with van der Waals surface area (Å²) < 4.78 is 0. The maximum Gasteiger partial charge on any atom is 0.278 e. The molecule has 0 spiro atoms. The highest BCUT2D eigenvalue weighted by atomic mass is 35.5. The van der Waals surface area contributed by atoms with Crippen molar-refractivity contribution >= 4 is 50.7 Å². The molecule has 7 nitrogen and oxygen atoms in total. The lowest BCUT2D eigenvalue weighted by Crippen LogP contribution is -2.23. The molecule has 29 heavy (non-hydrogen) atoms. The van der Waals surface area contributed by atoms with Gasteiger partial charge in [-0.15, -0.1) is 0 Å². The molecule has 2 aliphatic carbocycles. The van der Waals surface area contributed by atoms with Crippen molar-refractivity contribution in [3.8, 4) is 0 Å². The number of nitrogens with zero attached hydrogens (tertiary/aromatic N) is 4. The lowest BCUT2D eigenvalue weighted by atomic mass is 9.80. The lowest BCUT2D eigenvalue weighted by molar-refractivity contribution is -0.124. The summed E-state index contributed by atoms with van der Waals surface area (Å²) in [6.45, 7) is 0. The molecular weight excluding hydrogens is 433 g/mol. The van der Waals surface area contributed by atoms with Crippen LogP contribution in [0, 0.1) is 5.92 Å². The minimum atomic E-state index is -0.128. The Hall–Kier alpha value is -1.90. The van der Waals surface area contributed by atoms with Gasteiger partial charge in [-0.2, -0.15) is 0 Å². The summed E-state index contributed by atoms with van der Waals surface area (Å²) in [7, 11) is 0. The minimum Gasteiger partial charge on any atom is -0.311 e. The first-order valence-electron chi connectivity index (χ1n) is 9.54. The van der Waals surface area contributed by atoms with E-state index in [0.717, 1.165) is 29.1 Å². The number of Topliss-reactive ketones (excluding diaryl/α,β-unsaturated/α-hetero) is 1. The lowest BCUT2D eigenvalue weighted by Gasteiger charge is -2.23. The number of H-pyrrole nitrogens is 1. The molecule has 2 fully saturated rings. The van der Waals surface area contributed by atoms with Crippen LogP contribution >= 0.6 is 34.5 Å². The molecule has 152 valence electrons.